The maximum Gasteiger partial charge on any atom is 0.161 e. The van der Waals surface area contributed by atoms with Crippen molar-refractivity contribution in [1.29, 1.82) is 0 Å². The van der Waals surface area contributed by atoms with Crippen LogP contribution >= 0.6 is 0 Å². The van der Waals surface area contributed by atoms with Gasteiger partial charge < -0.3 is 0 Å². The van der Waals surface area contributed by atoms with Crippen molar-refractivity contribution in [3.8, 4) is 17.2 Å². The van der Waals surface area contributed by atoms with Crippen LogP contribution in [0, 0.1) is 6.92 Å². The van der Waals surface area contributed by atoms with E-state index in [2.05, 4.69) is 58.1 Å². The summed E-state index contributed by atoms with van der Waals surface area (Å²) in [6, 6.07) is 29.1. The number of nitrogens with zero attached hydrogens (tertiary/aromatic N) is 3. The highest BCUT2D eigenvalue weighted by Crippen LogP contribution is 2.31. The fraction of sp³-hybridized carbons (Fsp3) is 0.0435. The summed E-state index contributed by atoms with van der Waals surface area (Å²) >= 11 is 0. The molecule has 0 bridgehead atoms. The van der Waals surface area contributed by atoms with Gasteiger partial charge in [-0.25, -0.2) is 9.97 Å². The summed E-state index contributed by atoms with van der Waals surface area (Å²) in [6.07, 6.45) is 0. The van der Waals surface area contributed by atoms with Crippen LogP contribution in [-0.4, -0.2) is 14.5 Å². The number of hydrogen-bond acceptors (Lipinski definition) is 2. The van der Waals surface area contributed by atoms with E-state index in [0.717, 1.165) is 33.9 Å². The Bertz CT molecular complexity index is 1180. The molecule has 124 valence electrons. The second kappa shape index (κ2) is 5.81. The van der Waals surface area contributed by atoms with Crippen LogP contribution < -0.4 is 0 Å². The molecule has 0 saturated heterocycles. The molecule has 0 spiro atoms. The van der Waals surface area contributed by atoms with Crippen LogP contribution in [0.15, 0.2) is 84.9 Å². The van der Waals surface area contributed by atoms with Crippen LogP contribution in [0.3, 0.4) is 0 Å². The zero-order valence-corrected chi connectivity index (χ0v) is 14.4. The third-order valence-corrected chi connectivity index (χ3v) is 4.68. The number of benzene rings is 3. The first-order valence-corrected chi connectivity index (χ1v) is 8.71. The second-order valence-electron chi connectivity index (χ2n) is 6.43. The fourth-order valence-electron chi connectivity index (χ4n) is 3.55. The molecule has 0 N–H and O–H groups in total. The van der Waals surface area contributed by atoms with E-state index in [0.29, 0.717) is 0 Å². The summed E-state index contributed by atoms with van der Waals surface area (Å²) in [5.41, 5.74) is 4.30. The molecule has 5 rings (SSSR count). The largest absolute Gasteiger partial charge is 0.294 e. The molecule has 0 aliphatic rings. The molecule has 3 nitrogen and oxygen atoms in total. The molecule has 0 aliphatic heterocycles. The molecule has 0 saturated carbocycles. The number of fused-ring (bicyclic) bond motifs is 3. The van der Waals surface area contributed by atoms with Crippen LogP contribution in [0.4, 0.5) is 0 Å². The van der Waals surface area contributed by atoms with Crippen molar-refractivity contribution in [1.82, 2.24) is 14.5 Å². The van der Waals surface area contributed by atoms with E-state index in [-0.39, 0.29) is 0 Å². The van der Waals surface area contributed by atoms with Gasteiger partial charge in [0.05, 0.1) is 11.0 Å². The Morgan fingerprint density at radius 2 is 1.23 bits per heavy atom. The smallest absolute Gasteiger partial charge is 0.161 e. The van der Waals surface area contributed by atoms with Gasteiger partial charge in [-0.05, 0) is 19.1 Å². The summed E-state index contributed by atoms with van der Waals surface area (Å²) in [5, 5.41) is 2.47. The molecule has 5 aromatic rings. The van der Waals surface area contributed by atoms with E-state index >= 15 is 0 Å². The molecular weight excluding hydrogens is 318 g/mol. The minimum absolute atomic E-state index is 0.752. The van der Waals surface area contributed by atoms with Crippen molar-refractivity contribution < 1.29 is 0 Å². The maximum absolute atomic E-state index is 4.90. The highest BCUT2D eigenvalue weighted by Gasteiger charge is 2.14. The van der Waals surface area contributed by atoms with Crippen LogP contribution in [0.1, 0.15) is 5.69 Å². The van der Waals surface area contributed by atoms with E-state index in [1.807, 2.05) is 43.3 Å². The molecule has 0 amide bonds. The first-order valence-electron chi connectivity index (χ1n) is 8.71. The topological polar surface area (TPSA) is 30.7 Å². The maximum atomic E-state index is 4.90. The first-order chi connectivity index (χ1) is 12.8. The predicted molar refractivity (Wildman–Crippen MR) is 107 cm³/mol. The van der Waals surface area contributed by atoms with Crippen molar-refractivity contribution in [2.24, 2.45) is 0 Å². The molecule has 0 unspecified atom stereocenters. The van der Waals surface area contributed by atoms with Crippen LogP contribution in [0.5, 0.6) is 0 Å². The van der Waals surface area contributed by atoms with Crippen molar-refractivity contribution in [3.63, 3.8) is 0 Å². The SMILES string of the molecule is Cc1cc(-n2c3ccccc3c3ccccc32)nc(-c2ccccc2)n1. The zero-order valence-electron chi connectivity index (χ0n) is 14.4. The van der Waals surface area contributed by atoms with E-state index in [1.165, 1.54) is 10.8 Å². The predicted octanol–water partition coefficient (Wildman–Crippen LogP) is 5.55. The monoisotopic (exact) mass is 335 g/mol. The Morgan fingerprint density at radius 1 is 0.654 bits per heavy atom. The van der Waals surface area contributed by atoms with E-state index in [9.17, 15) is 0 Å². The van der Waals surface area contributed by atoms with Gasteiger partial charge >= 0.3 is 0 Å². The zero-order chi connectivity index (χ0) is 17.5. The second-order valence-corrected chi connectivity index (χ2v) is 6.43. The summed E-state index contributed by atoms with van der Waals surface area (Å²) in [4.78, 5) is 9.55. The fourth-order valence-corrected chi connectivity index (χ4v) is 3.55. The lowest BCUT2D eigenvalue weighted by Gasteiger charge is -2.10. The van der Waals surface area contributed by atoms with Gasteiger partial charge in [0.25, 0.3) is 0 Å². The standard InChI is InChI=1S/C23H17N3/c1-16-15-22(25-23(24-16)17-9-3-2-4-10-17)26-20-13-7-5-11-18(20)19-12-6-8-14-21(19)26/h2-15H,1H3. The molecule has 3 aromatic carbocycles. The molecule has 26 heavy (non-hydrogen) atoms. The number of aryl methyl sites for hydroxylation is 1. The lowest BCUT2D eigenvalue weighted by molar-refractivity contribution is 1.02. The van der Waals surface area contributed by atoms with Gasteiger partial charge in [0.2, 0.25) is 0 Å². The van der Waals surface area contributed by atoms with Crippen LogP contribution in [-0.2, 0) is 0 Å². The molecule has 0 radical (unpaired) electrons. The van der Waals surface area contributed by atoms with Crippen molar-refractivity contribution in [2.75, 3.05) is 0 Å². The molecule has 2 heterocycles. The van der Waals surface area contributed by atoms with Gasteiger partial charge in [-0.15, -0.1) is 0 Å². The molecule has 2 aromatic heterocycles. The lowest BCUT2D eigenvalue weighted by Crippen LogP contribution is -2.02. The third-order valence-electron chi connectivity index (χ3n) is 4.68. The Hall–Kier alpha value is -3.46. The van der Waals surface area contributed by atoms with Gasteiger partial charge in [0, 0.05) is 28.1 Å². The van der Waals surface area contributed by atoms with E-state index in [1.54, 1.807) is 0 Å². The molecular formula is C23H17N3. The minimum Gasteiger partial charge on any atom is -0.294 e. The Morgan fingerprint density at radius 3 is 1.88 bits per heavy atom. The highest BCUT2D eigenvalue weighted by molar-refractivity contribution is 6.09. The quantitative estimate of drug-likeness (QED) is 0.423. The summed E-state index contributed by atoms with van der Waals surface area (Å²) in [5.74, 6) is 1.65. The van der Waals surface area contributed by atoms with Gasteiger partial charge in [0.1, 0.15) is 5.82 Å². The summed E-state index contributed by atoms with van der Waals surface area (Å²) in [7, 11) is 0. The Balaban J connectivity index is 1.84. The number of rotatable bonds is 2. The van der Waals surface area contributed by atoms with Crippen molar-refractivity contribution >= 4 is 21.8 Å². The van der Waals surface area contributed by atoms with Crippen LogP contribution in [0.2, 0.25) is 0 Å². The van der Waals surface area contributed by atoms with Gasteiger partial charge in [0.15, 0.2) is 5.82 Å². The summed E-state index contributed by atoms with van der Waals surface area (Å²) in [6.45, 7) is 2.02. The number of para-hydroxylation sites is 2. The normalized spacial score (nSPS) is 11.3. The molecule has 0 atom stereocenters. The van der Waals surface area contributed by atoms with E-state index < -0.39 is 0 Å². The molecule has 0 aliphatic carbocycles. The average Bonchev–Trinajstić information content (AvgIpc) is 3.03. The van der Waals surface area contributed by atoms with Gasteiger partial charge in [-0.3, -0.25) is 4.57 Å². The van der Waals surface area contributed by atoms with Gasteiger partial charge in [-0.2, -0.15) is 0 Å². The van der Waals surface area contributed by atoms with Gasteiger partial charge in [-0.1, -0.05) is 66.7 Å². The van der Waals surface area contributed by atoms with E-state index in [4.69, 9.17) is 4.98 Å². The number of hydrogen-bond donors (Lipinski definition) is 0. The lowest BCUT2D eigenvalue weighted by atomic mass is 10.2. The minimum atomic E-state index is 0.752. The Labute approximate surface area is 151 Å². The third kappa shape index (κ3) is 2.29. The van der Waals surface area contributed by atoms with Crippen molar-refractivity contribution in [3.05, 3.63) is 90.6 Å². The average molecular weight is 335 g/mol. The molecule has 0 fully saturated rings. The summed E-state index contributed by atoms with van der Waals surface area (Å²) < 4.78 is 2.23. The van der Waals surface area contributed by atoms with Crippen LogP contribution in [0.25, 0.3) is 39.0 Å². The molecule has 3 heteroatoms. The van der Waals surface area contributed by atoms with Crippen molar-refractivity contribution in [2.45, 2.75) is 6.92 Å². The highest BCUT2D eigenvalue weighted by atomic mass is 15.1. The first kappa shape index (κ1) is 14.8. The Kier molecular flexibility index (Phi) is 3.32. The number of aromatic nitrogens is 3.